The molecule has 0 spiro atoms. The van der Waals surface area contributed by atoms with Crippen LogP contribution in [0.5, 0.6) is 5.75 Å². The van der Waals surface area contributed by atoms with Crippen LogP contribution in [0.3, 0.4) is 0 Å². The van der Waals surface area contributed by atoms with Gasteiger partial charge in [0.25, 0.3) is 0 Å². The molecule has 2 rings (SSSR count). The Hall–Kier alpha value is -1.94. The molecule has 0 radical (unpaired) electrons. The van der Waals surface area contributed by atoms with E-state index < -0.39 is 11.6 Å². The van der Waals surface area contributed by atoms with Crippen molar-refractivity contribution < 1.29 is 19.1 Å². The van der Waals surface area contributed by atoms with Gasteiger partial charge in [0.1, 0.15) is 5.75 Å². The number of Topliss-reactive ketones (excluding diaryl/α,β-unsaturated/α-hetero) is 1. The molecule has 0 amide bonds. The van der Waals surface area contributed by atoms with Crippen molar-refractivity contribution in [2.75, 3.05) is 6.61 Å². The normalized spacial score (nSPS) is 21.5. The van der Waals surface area contributed by atoms with Gasteiger partial charge in [-0.1, -0.05) is 18.2 Å². The summed E-state index contributed by atoms with van der Waals surface area (Å²) in [7, 11) is 0. The average Bonchev–Trinajstić information content (AvgIpc) is 3.19. The van der Waals surface area contributed by atoms with Crippen LogP contribution in [-0.2, 0) is 19.9 Å². The zero-order chi connectivity index (χ0) is 14.9. The highest BCUT2D eigenvalue weighted by molar-refractivity contribution is 5.92. The average molecular weight is 274 g/mol. The molecule has 1 aromatic rings. The van der Waals surface area contributed by atoms with Gasteiger partial charge in [0.15, 0.2) is 11.4 Å². The van der Waals surface area contributed by atoms with Gasteiger partial charge in [0, 0.05) is 11.1 Å². The maximum atomic E-state index is 11.9. The number of ketones is 1. The summed E-state index contributed by atoms with van der Waals surface area (Å²) >= 11 is 0. The lowest BCUT2D eigenvalue weighted by molar-refractivity contribution is -0.130. The summed E-state index contributed by atoms with van der Waals surface area (Å²) in [6.07, 6.45) is 1.69. The predicted octanol–water partition coefficient (Wildman–Crippen LogP) is 2.68. The molecular formula is C16H18O4. The lowest BCUT2D eigenvalue weighted by Gasteiger charge is -2.15. The second-order valence-electron chi connectivity index (χ2n) is 5.03. The Balaban J connectivity index is 2.40. The van der Waals surface area contributed by atoms with Gasteiger partial charge in [0.2, 0.25) is 0 Å². The molecule has 1 heterocycles. The van der Waals surface area contributed by atoms with Gasteiger partial charge < -0.3 is 9.47 Å². The highest BCUT2D eigenvalue weighted by Crippen LogP contribution is 2.44. The number of carbonyl (C=O) groups is 2. The number of rotatable bonds is 4. The first kappa shape index (κ1) is 14.5. The van der Waals surface area contributed by atoms with Crippen LogP contribution in [0.4, 0.5) is 0 Å². The van der Waals surface area contributed by atoms with Crippen LogP contribution >= 0.6 is 0 Å². The van der Waals surface area contributed by atoms with Gasteiger partial charge in [-0.2, -0.15) is 0 Å². The Morgan fingerprint density at radius 2 is 2.00 bits per heavy atom. The maximum absolute atomic E-state index is 11.9. The quantitative estimate of drug-likeness (QED) is 0.366. The lowest BCUT2D eigenvalue weighted by atomic mass is 9.94. The number of esters is 1. The summed E-state index contributed by atoms with van der Waals surface area (Å²) in [5, 5.41) is 0. The molecule has 1 atom stereocenters. The molecule has 1 fully saturated rings. The molecule has 0 aliphatic carbocycles. The summed E-state index contributed by atoms with van der Waals surface area (Å²) in [4.78, 5) is 23.7. The molecular weight excluding hydrogens is 256 g/mol. The molecule has 0 aromatic heterocycles. The Morgan fingerprint density at radius 3 is 2.50 bits per heavy atom. The van der Waals surface area contributed by atoms with Crippen LogP contribution in [0.25, 0.3) is 0 Å². The highest BCUT2D eigenvalue weighted by atomic mass is 16.6. The van der Waals surface area contributed by atoms with Crippen LogP contribution in [0.15, 0.2) is 29.8 Å². The molecule has 106 valence electrons. The van der Waals surface area contributed by atoms with Crippen LogP contribution in [-0.4, -0.2) is 18.4 Å². The molecule has 4 heteroatoms. The second kappa shape index (κ2) is 5.21. The Morgan fingerprint density at radius 1 is 1.35 bits per heavy atom. The second-order valence-corrected chi connectivity index (χ2v) is 5.03. The van der Waals surface area contributed by atoms with E-state index in [0.717, 1.165) is 5.56 Å². The van der Waals surface area contributed by atoms with Gasteiger partial charge in [-0.15, -0.1) is 0 Å². The Kier molecular flexibility index (Phi) is 3.77. The summed E-state index contributed by atoms with van der Waals surface area (Å²) in [6, 6.07) is 5.42. The third-order valence-electron chi connectivity index (χ3n) is 3.53. The van der Waals surface area contributed by atoms with Crippen LogP contribution in [0.2, 0.25) is 0 Å². The van der Waals surface area contributed by atoms with E-state index in [1.165, 1.54) is 6.92 Å². The first-order chi connectivity index (χ1) is 9.40. The lowest BCUT2D eigenvalue weighted by Crippen LogP contribution is -2.21. The van der Waals surface area contributed by atoms with Gasteiger partial charge in [0.05, 0.1) is 6.61 Å². The summed E-state index contributed by atoms with van der Waals surface area (Å²) in [5.74, 6) is -0.107. The number of carbonyl (C=O) groups excluding carboxylic acids is 2. The zero-order valence-corrected chi connectivity index (χ0v) is 12.1. The van der Waals surface area contributed by atoms with Gasteiger partial charge in [-0.25, -0.2) is 4.79 Å². The zero-order valence-electron chi connectivity index (χ0n) is 12.1. The fourth-order valence-corrected chi connectivity index (χ4v) is 1.97. The van der Waals surface area contributed by atoms with Crippen molar-refractivity contribution in [2.24, 2.45) is 0 Å². The molecule has 0 unspecified atom stereocenters. The monoisotopic (exact) mass is 274 g/mol. The first-order valence-electron chi connectivity index (χ1n) is 6.52. The molecule has 0 N–H and O–H groups in total. The number of allylic oxidation sites excluding steroid dienone is 1. The molecule has 1 aliphatic rings. The number of ether oxygens (including phenoxy) is 2. The van der Waals surface area contributed by atoms with E-state index in [0.29, 0.717) is 23.5 Å². The maximum Gasteiger partial charge on any atom is 0.338 e. The fourth-order valence-electron chi connectivity index (χ4n) is 1.97. The fraction of sp³-hybridized carbons (Fsp3) is 0.375. The van der Waals surface area contributed by atoms with Crippen LogP contribution in [0.1, 0.15) is 31.9 Å². The van der Waals surface area contributed by atoms with Crippen molar-refractivity contribution in [1.82, 2.24) is 0 Å². The number of aryl methyl sites for hydroxylation is 1. The van der Waals surface area contributed by atoms with Crippen LogP contribution < -0.4 is 4.74 Å². The number of benzene rings is 1. The van der Waals surface area contributed by atoms with E-state index in [1.54, 1.807) is 32.1 Å². The Labute approximate surface area is 118 Å². The van der Waals surface area contributed by atoms with E-state index in [4.69, 9.17) is 9.47 Å². The topological polar surface area (TPSA) is 55.9 Å². The summed E-state index contributed by atoms with van der Waals surface area (Å²) in [6.45, 7) is 7.17. The van der Waals surface area contributed by atoms with Crippen molar-refractivity contribution in [3.63, 3.8) is 0 Å². The first-order valence-corrected chi connectivity index (χ1v) is 6.52. The predicted molar refractivity (Wildman–Crippen MR) is 74.6 cm³/mol. The van der Waals surface area contributed by atoms with Crippen molar-refractivity contribution in [2.45, 2.75) is 33.3 Å². The molecule has 1 saturated heterocycles. The van der Waals surface area contributed by atoms with Gasteiger partial charge >= 0.3 is 5.97 Å². The van der Waals surface area contributed by atoms with Crippen molar-refractivity contribution in [1.29, 1.82) is 0 Å². The molecule has 1 aromatic carbocycles. The minimum atomic E-state index is -0.937. The van der Waals surface area contributed by atoms with E-state index in [2.05, 4.69) is 0 Å². The van der Waals surface area contributed by atoms with E-state index >= 15 is 0 Å². The Bertz CT molecular complexity index is 594. The standard InChI is InChI=1S/C16H18O4/c1-5-11(3)15(18)20-14-8-10(2)6-7-13(14)16(9-19-16)12(4)17/h5-8H,9H2,1-4H3/t16-/m0/s1. The minimum Gasteiger partial charge on any atom is -0.423 e. The van der Waals surface area contributed by atoms with Crippen molar-refractivity contribution in [3.05, 3.63) is 41.0 Å². The number of epoxide rings is 1. The SMILES string of the molecule is CC=C(C)C(=O)Oc1cc(C)ccc1[C@@]1(C(C)=O)CO1. The molecule has 4 nitrogen and oxygen atoms in total. The van der Waals surface area contributed by atoms with Crippen LogP contribution in [0, 0.1) is 6.92 Å². The molecule has 0 saturated carbocycles. The van der Waals surface area contributed by atoms with Crippen molar-refractivity contribution >= 4 is 11.8 Å². The summed E-state index contributed by atoms with van der Waals surface area (Å²) < 4.78 is 10.8. The molecule has 0 bridgehead atoms. The third kappa shape index (κ3) is 2.51. The van der Waals surface area contributed by atoms with Gasteiger partial charge in [-0.3, -0.25) is 4.79 Å². The molecule has 1 aliphatic heterocycles. The van der Waals surface area contributed by atoms with Gasteiger partial charge in [-0.05, 0) is 39.3 Å². The highest BCUT2D eigenvalue weighted by Gasteiger charge is 2.53. The van der Waals surface area contributed by atoms with E-state index in [-0.39, 0.29) is 5.78 Å². The smallest absolute Gasteiger partial charge is 0.338 e. The van der Waals surface area contributed by atoms with E-state index in [1.807, 2.05) is 13.0 Å². The van der Waals surface area contributed by atoms with E-state index in [9.17, 15) is 9.59 Å². The number of hydrogen-bond donors (Lipinski definition) is 0. The van der Waals surface area contributed by atoms with Crippen molar-refractivity contribution in [3.8, 4) is 5.75 Å². The summed E-state index contributed by atoms with van der Waals surface area (Å²) in [5.41, 5.74) is 1.15. The third-order valence-corrected chi connectivity index (χ3v) is 3.53. The molecule has 20 heavy (non-hydrogen) atoms. The number of hydrogen-bond acceptors (Lipinski definition) is 4. The minimum absolute atomic E-state index is 0.0820. The largest absolute Gasteiger partial charge is 0.423 e.